The molecule has 0 spiro atoms. The van der Waals surface area contributed by atoms with Gasteiger partial charge in [0, 0.05) is 27.2 Å². The molecule has 1 unspecified atom stereocenters. The lowest BCUT2D eigenvalue weighted by Gasteiger charge is -2.10. The SMILES string of the molecule is NC(Cc1cc(Br)cs1)c1ccccc1. The number of rotatable bonds is 3. The van der Waals surface area contributed by atoms with E-state index in [0.717, 1.165) is 10.9 Å². The molecule has 1 aromatic heterocycles. The number of hydrogen-bond donors (Lipinski definition) is 1. The molecular weight excluding hydrogens is 270 g/mol. The van der Waals surface area contributed by atoms with Gasteiger partial charge in [0.05, 0.1) is 0 Å². The van der Waals surface area contributed by atoms with E-state index in [4.69, 9.17) is 5.73 Å². The highest BCUT2D eigenvalue weighted by Crippen LogP contribution is 2.24. The maximum absolute atomic E-state index is 6.13. The molecule has 0 aliphatic rings. The van der Waals surface area contributed by atoms with Gasteiger partial charge in [0.1, 0.15) is 0 Å². The van der Waals surface area contributed by atoms with Crippen LogP contribution in [0, 0.1) is 0 Å². The van der Waals surface area contributed by atoms with Gasteiger partial charge in [-0.1, -0.05) is 30.3 Å². The molecule has 1 atom stereocenters. The van der Waals surface area contributed by atoms with E-state index in [1.54, 1.807) is 11.3 Å². The highest BCUT2D eigenvalue weighted by Gasteiger charge is 2.07. The van der Waals surface area contributed by atoms with Crippen molar-refractivity contribution >= 4 is 27.3 Å². The maximum Gasteiger partial charge on any atom is 0.0343 e. The predicted octanol–water partition coefficient (Wildman–Crippen LogP) is 3.75. The van der Waals surface area contributed by atoms with Crippen LogP contribution in [0.4, 0.5) is 0 Å². The van der Waals surface area contributed by atoms with Crippen molar-refractivity contribution in [3.05, 3.63) is 56.7 Å². The third-order valence-corrected chi connectivity index (χ3v) is 3.99. The fourth-order valence-electron chi connectivity index (χ4n) is 1.50. The normalized spacial score (nSPS) is 12.7. The Kier molecular flexibility index (Phi) is 3.57. The van der Waals surface area contributed by atoms with Crippen LogP contribution >= 0.6 is 27.3 Å². The van der Waals surface area contributed by atoms with E-state index in [-0.39, 0.29) is 6.04 Å². The van der Waals surface area contributed by atoms with E-state index < -0.39 is 0 Å². The molecule has 1 aromatic carbocycles. The summed E-state index contributed by atoms with van der Waals surface area (Å²) in [6.07, 6.45) is 0.903. The summed E-state index contributed by atoms with van der Waals surface area (Å²) in [5.74, 6) is 0. The van der Waals surface area contributed by atoms with Gasteiger partial charge in [-0.25, -0.2) is 0 Å². The van der Waals surface area contributed by atoms with Crippen LogP contribution in [0.25, 0.3) is 0 Å². The topological polar surface area (TPSA) is 26.0 Å². The summed E-state index contributed by atoms with van der Waals surface area (Å²) in [6, 6.07) is 12.4. The quantitative estimate of drug-likeness (QED) is 0.911. The Morgan fingerprint density at radius 2 is 2.00 bits per heavy atom. The third kappa shape index (κ3) is 2.91. The Labute approximate surface area is 102 Å². The second-order valence-corrected chi connectivity index (χ2v) is 5.36. The van der Waals surface area contributed by atoms with Gasteiger partial charge in [-0.15, -0.1) is 11.3 Å². The fraction of sp³-hybridized carbons (Fsp3) is 0.167. The summed E-state index contributed by atoms with van der Waals surface area (Å²) >= 11 is 5.19. The van der Waals surface area contributed by atoms with Crippen LogP contribution in [-0.2, 0) is 6.42 Å². The van der Waals surface area contributed by atoms with E-state index in [1.165, 1.54) is 10.4 Å². The second-order valence-electron chi connectivity index (χ2n) is 3.45. The summed E-state index contributed by atoms with van der Waals surface area (Å²) in [4.78, 5) is 1.32. The van der Waals surface area contributed by atoms with Crippen LogP contribution in [0.15, 0.2) is 46.3 Å². The smallest absolute Gasteiger partial charge is 0.0343 e. The minimum absolute atomic E-state index is 0.0942. The molecule has 0 radical (unpaired) electrons. The van der Waals surface area contributed by atoms with E-state index in [2.05, 4.69) is 39.5 Å². The average Bonchev–Trinajstić information content (AvgIpc) is 2.65. The number of nitrogens with two attached hydrogens (primary N) is 1. The lowest BCUT2D eigenvalue weighted by molar-refractivity contribution is 0.730. The van der Waals surface area contributed by atoms with Crippen LogP contribution in [0.1, 0.15) is 16.5 Å². The molecule has 0 bridgehead atoms. The highest BCUT2D eigenvalue weighted by atomic mass is 79.9. The Bertz CT molecular complexity index is 424. The van der Waals surface area contributed by atoms with Crippen molar-refractivity contribution in [1.29, 1.82) is 0 Å². The zero-order valence-corrected chi connectivity index (χ0v) is 10.6. The fourth-order valence-corrected chi connectivity index (χ4v) is 3.01. The van der Waals surface area contributed by atoms with Crippen LogP contribution in [0.2, 0.25) is 0 Å². The lowest BCUT2D eigenvalue weighted by Crippen LogP contribution is -2.12. The summed E-state index contributed by atoms with van der Waals surface area (Å²) < 4.78 is 1.14. The Morgan fingerprint density at radius 1 is 1.27 bits per heavy atom. The summed E-state index contributed by atoms with van der Waals surface area (Å²) in [6.45, 7) is 0. The second kappa shape index (κ2) is 4.92. The first-order chi connectivity index (χ1) is 7.25. The van der Waals surface area contributed by atoms with Gasteiger partial charge >= 0.3 is 0 Å². The van der Waals surface area contributed by atoms with Gasteiger partial charge in [-0.3, -0.25) is 0 Å². The minimum atomic E-state index is 0.0942. The molecule has 0 aliphatic carbocycles. The molecule has 2 N–H and O–H groups in total. The lowest BCUT2D eigenvalue weighted by atomic mass is 10.0. The average molecular weight is 282 g/mol. The zero-order valence-electron chi connectivity index (χ0n) is 8.19. The van der Waals surface area contributed by atoms with Crippen molar-refractivity contribution in [2.24, 2.45) is 5.73 Å². The van der Waals surface area contributed by atoms with Crippen molar-refractivity contribution < 1.29 is 0 Å². The maximum atomic E-state index is 6.13. The molecule has 0 aliphatic heterocycles. The van der Waals surface area contributed by atoms with Crippen LogP contribution in [-0.4, -0.2) is 0 Å². The van der Waals surface area contributed by atoms with Crippen LogP contribution in [0.3, 0.4) is 0 Å². The zero-order chi connectivity index (χ0) is 10.7. The molecule has 0 amide bonds. The molecule has 15 heavy (non-hydrogen) atoms. The van der Waals surface area contributed by atoms with E-state index in [9.17, 15) is 0 Å². The molecule has 1 nitrogen and oxygen atoms in total. The van der Waals surface area contributed by atoms with Crippen molar-refractivity contribution in [2.75, 3.05) is 0 Å². The predicted molar refractivity (Wildman–Crippen MR) is 69.1 cm³/mol. The Balaban J connectivity index is 2.07. The van der Waals surface area contributed by atoms with Gasteiger partial charge in [0.2, 0.25) is 0 Å². The molecule has 2 rings (SSSR count). The number of benzene rings is 1. The van der Waals surface area contributed by atoms with Gasteiger partial charge in [-0.05, 0) is 27.6 Å². The van der Waals surface area contributed by atoms with Crippen molar-refractivity contribution in [3.63, 3.8) is 0 Å². The first-order valence-corrected chi connectivity index (χ1v) is 6.46. The first kappa shape index (κ1) is 10.9. The number of hydrogen-bond acceptors (Lipinski definition) is 2. The first-order valence-electron chi connectivity index (χ1n) is 4.79. The van der Waals surface area contributed by atoms with Gasteiger partial charge in [0.15, 0.2) is 0 Å². The summed E-state index contributed by atoms with van der Waals surface area (Å²) in [7, 11) is 0. The van der Waals surface area contributed by atoms with Crippen LogP contribution < -0.4 is 5.73 Å². The summed E-state index contributed by atoms with van der Waals surface area (Å²) in [5.41, 5.74) is 7.32. The molecule has 1 heterocycles. The number of halogens is 1. The Hall–Kier alpha value is -0.640. The molecule has 2 aromatic rings. The van der Waals surface area contributed by atoms with E-state index in [0.29, 0.717) is 0 Å². The number of thiophene rings is 1. The standard InChI is InChI=1S/C12H12BrNS/c13-10-6-11(15-8-10)7-12(14)9-4-2-1-3-5-9/h1-6,8,12H,7,14H2. The third-order valence-electron chi connectivity index (χ3n) is 2.27. The van der Waals surface area contributed by atoms with E-state index in [1.807, 2.05) is 18.2 Å². The summed E-state index contributed by atoms with van der Waals surface area (Å²) in [5, 5.41) is 2.09. The Morgan fingerprint density at radius 3 is 2.60 bits per heavy atom. The van der Waals surface area contributed by atoms with Gasteiger partial charge < -0.3 is 5.73 Å². The molecule has 0 saturated heterocycles. The molecule has 0 saturated carbocycles. The molecule has 78 valence electrons. The largest absolute Gasteiger partial charge is 0.324 e. The van der Waals surface area contributed by atoms with E-state index >= 15 is 0 Å². The van der Waals surface area contributed by atoms with Gasteiger partial charge in [0.25, 0.3) is 0 Å². The highest BCUT2D eigenvalue weighted by molar-refractivity contribution is 9.10. The molecular formula is C12H12BrNS. The van der Waals surface area contributed by atoms with Crippen molar-refractivity contribution in [1.82, 2.24) is 0 Å². The van der Waals surface area contributed by atoms with Crippen molar-refractivity contribution in [3.8, 4) is 0 Å². The molecule has 3 heteroatoms. The monoisotopic (exact) mass is 281 g/mol. The minimum Gasteiger partial charge on any atom is -0.324 e. The molecule has 0 fully saturated rings. The van der Waals surface area contributed by atoms with Crippen LogP contribution in [0.5, 0.6) is 0 Å². The van der Waals surface area contributed by atoms with Gasteiger partial charge in [-0.2, -0.15) is 0 Å². The van der Waals surface area contributed by atoms with Crippen molar-refractivity contribution in [2.45, 2.75) is 12.5 Å².